The Balaban J connectivity index is 2.31. The van der Waals surface area contributed by atoms with Crippen LogP contribution in [0.1, 0.15) is 25.3 Å². The van der Waals surface area contributed by atoms with Crippen LogP contribution in [0.5, 0.6) is 0 Å². The molecule has 0 aliphatic rings. The minimum atomic E-state index is 0.0251. The molecule has 1 rings (SSSR count). The highest BCUT2D eigenvalue weighted by molar-refractivity contribution is 5.76. The first-order valence-corrected chi connectivity index (χ1v) is 5.76. The lowest BCUT2D eigenvalue weighted by molar-refractivity contribution is -0.121. The monoisotopic (exact) mass is 236 g/mol. The van der Waals surface area contributed by atoms with E-state index in [2.05, 4.69) is 5.32 Å². The van der Waals surface area contributed by atoms with E-state index in [0.717, 1.165) is 12.0 Å². The zero-order valence-electron chi connectivity index (χ0n) is 10.4. The van der Waals surface area contributed by atoms with Crippen LogP contribution >= 0.6 is 0 Å². The van der Waals surface area contributed by atoms with Crippen LogP contribution in [0.3, 0.4) is 0 Å². The predicted octanol–water partition coefficient (Wildman–Crippen LogP) is 1.70. The summed E-state index contributed by atoms with van der Waals surface area (Å²) in [5, 5.41) is 2.84. The Hall–Kier alpha value is -1.55. The highest BCUT2D eigenvalue weighted by Gasteiger charge is 2.06. The maximum atomic E-state index is 11.5. The molecule has 1 atom stereocenters. The molecule has 0 fully saturated rings. The van der Waals surface area contributed by atoms with Crippen LogP contribution in [0.15, 0.2) is 24.3 Å². The summed E-state index contributed by atoms with van der Waals surface area (Å²) in [6, 6.07) is 7.52. The zero-order valence-corrected chi connectivity index (χ0v) is 10.4. The second-order valence-electron chi connectivity index (χ2n) is 4.06. The molecule has 0 radical (unpaired) electrons. The predicted molar refractivity (Wildman–Crippen MR) is 68.4 cm³/mol. The van der Waals surface area contributed by atoms with E-state index < -0.39 is 0 Å². The van der Waals surface area contributed by atoms with Crippen LogP contribution in [0.2, 0.25) is 0 Å². The van der Waals surface area contributed by atoms with Gasteiger partial charge in [-0.2, -0.15) is 0 Å². The first-order chi connectivity index (χ1) is 8.13. The molecular formula is C13H20N2O2. The van der Waals surface area contributed by atoms with Gasteiger partial charge in [0.05, 0.1) is 6.10 Å². The van der Waals surface area contributed by atoms with E-state index >= 15 is 0 Å². The largest absolute Gasteiger partial charge is 0.398 e. The molecule has 1 aromatic rings. The molecule has 0 saturated carbocycles. The van der Waals surface area contributed by atoms with E-state index in [1.54, 1.807) is 7.11 Å². The van der Waals surface area contributed by atoms with E-state index in [1.807, 2.05) is 31.2 Å². The second kappa shape index (κ2) is 6.91. The van der Waals surface area contributed by atoms with Crippen LogP contribution in [-0.4, -0.2) is 19.1 Å². The Bertz CT molecular complexity index is 366. The summed E-state index contributed by atoms with van der Waals surface area (Å²) in [6.45, 7) is 2.43. The Labute approximate surface area is 102 Å². The third-order valence-electron chi connectivity index (χ3n) is 2.71. The minimum absolute atomic E-state index is 0.0251. The van der Waals surface area contributed by atoms with Gasteiger partial charge in [-0.25, -0.2) is 0 Å². The maximum Gasteiger partial charge on any atom is 0.220 e. The van der Waals surface area contributed by atoms with Crippen LogP contribution in [0, 0.1) is 0 Å². The molecular weight excluding hydrogens is 216 g/mol. The lowest BCUT2D eigenvalue weighted by atomic mass is 10.1. The van der Waals surface area contributed by atoms with Crippen LogP contribution in [0.4, 0.5) is 5.69 Å². The SMILES string of the molecule is COC(C)CCC(=O)NCc1ccccc1N. The summed E-state index contributed by atoms with van der Waals surface area (Å²) in [6.07, 6.45) is 1.32. The molecule has 1 unspecified atom stereocenters. The molecule has 1 aromatic carbocycles. The fourth-order valence-corrected chi connectivity index (χ4v) is 1.43. The van der Waals surface area contributed by atoms with Gasteiger partial charge in [-0.05, 0) is 25.0 Å². The first-order valence-electron chi connectivity index (χ1n) is 5.76. The Morgan fingerprint density at radius 1 is 1.47 bits per heavy atom. The molecule has 0 bridgehead atoms. The van der Waals surface area contributed by atoms with Gasteiger partial charge in [0.2, 0.25) is 5.91 Å². The molecule has 4 nitrogen and oxygen atoms in total. The number of anilines is 1. The number of carbonyl (C=O) groups is 1. The van der Waals surface area contributed by atoms with Crippen LogP contribution in [0.25, 0.3) is 0 Å². The summed E-state index contributed by atoms with van der Waals surface area (Å²) in [5.74, 6) is 0.0251. The third kappa shape index (κ3) is 4.87. The molecule has 0 heterocycles. The number of nitrogens with two attached hydrogens (primary N) is 1. The molecule has 94 valence electrons. The summed E-state index contributed by atoms with van der Waals surface area (Å²) in [4.78, 5) is 11.5. The minimum Gasteiger partial charge on any atom is -0.398 e. The fraction of sp³-hybridized carbons (Fsp3) is 0.462. The molecule has 0 aliphatic heterocycles. The van der Waals surface area contributed by atoms with Gasteiger partial charge in [-0.1, -0.05) is 18.2 Å². The molecule has 3 N–H and O–H groups in total. The van der Waals surface area contributed by atoms with Gasteiger partial charge in [0.1, 0.15) is 0 Å². The Kier molecular flexibility index (Phi) is 5.49. The topological polar surface area (TPSA) is 64.3 Å². The second-order valence-corrected chi connectivity index (χ2v) is 4.06. The highest BCUT2D eigenvalue weighted by Crippen LogP contribution is 2.09. The number of carbonyl (C=O) groups excluding carboxylic acids is 1. The van der Waals surface area contributed by atoms with Gasteiger partial charge >= 0.3 is 0 Å². The number of hydrogen-bond acceptors (Lipinski definition) is 3. The number of hydrogen-bond donors (Lipinski definition) is 2. The van der Waals surface area contributed by atoms with Gasteiger partial charge in [-0.3, -0.25) is 4.79 Å². The summed E-state index contributed by atoms with van der Waals surface area (Å²) in [5.41, 5.74) is 7.43. The summed E-state index contributed by atoms with van der Waals surface area (Å²) >= 11 is 0. The van der Waals surface area contributed by atoms with Crippen molar-refractivity contribution in [3.05, 3.63) is 29.8 Å². The molecule has 0 spiro atoms. The number of ether oxygens (including phenoxy) is 1. The van der Waals surface area contributed by atoms with Crippen LogP contribution < -0.4 is 11.1 Å². The van der Waals surface area contributed by atoms with Crippen molar-refractivity contribution >= 4 is 11.6 Å². The van der Waals surface area contributed by atoms with Gasteiger partial charge < -0.3 is 15.8 Å². The van der Waals surface area contributed by atoms with Crippen molar-refractivity contribution in [1.29, 1.82) is 0 Å². The quantitative estimate of drug-likeness (QED) is 0.739. The average molecular weight is 236 g/mol. The smallest absolute Gasteiger partial charge is 0.220 e. The van der Waals surface area contributed by atoms with E-state index in [4.69, 9.17) is 10.5 Å². The van der Waals surface area contributed by atoms with Crippen molar-refractivity contribution in [3.63, 3.8) is 0 Å². The summed E-state index contributed by atoms with van der Waals surface area (Å²) < 4.78 is 5.08. The van der Waals surface area contributed by atoms with Crippen LogP contribution in [-0.2, 0) is 16.1 Å². The molecule has 0 aliphatic carbocycles. The van der Waals surface area contributed by atoms with E-state index in [0.29, 0.717) is 18.7 Å². The summed E-state index contributed by atoms with van der Waals surface area (Å²) in [7, 11) is 1.65. The van der Waals surface area contributed by atoms with Gasteiger partial charge in [0.15, 0.2) is 0 Å². The molecule has 17 heavy (non-hydrogen) atoms. The zero-order chi connectivity index (χ0) is 12.7. The van der Waals surface area contributed by atoms with Crippen molar-refractivity contribution in [3.8, 4) is 0 Å². The van der Waals surface area contributed by atoms with Crippen molar-refractivity contribution in [2.75, 3.05) is 12.8 Å². The Morgan fingerprint density at radius 2 is 2.18 bits per heavy atom. The number of nitrogens with one attached hydrogen (secondary N) is 1. The van der Waals surface area contributed by atoms with Crippen molar-refractivity contribution in [2.24, 2.45) is 0 Å². The van der Waals surface area contributed by atoms with Gasteiger partial charge in [-0.15, -0.1) is 0 Å². The number of benzene rings is 1. The standard InChI is InChI=1S/C13H20N2O2/c1-10(17-2)7-8-13(16)15-9-11-5-3-4-6-12(11)14/h3-6,10H,7-9,14H2,1-2H3,(H,15,16). The Morgan fingerprint density at radius 3 is 2.82 bits per heavy atom. The fourth-order valence-electron chi connectivity index (χ4n) is 1.43. The van der Waals surface area contributed by atoms with Crippen molar-refractivity contribution in [1.82, 2.24) is 5.32 Å². The molecule has 4 heteroatoms. The number of rotatable bonds is 6. The van der Waals surface area contributed by atoms with E-state index in [-0.39, 0.29) is 12.0 Å². The number of amides is 1. The average Bonchev–Trinajstić information content (AvgIpc) is 2.35. The molecule has 0 aromatic heterocycles. The maximum absolute atomic E-state index is 11.5. The van der Waals surface area contributed by atoms with Gasteiger partial charge in [0, 0.05) is 25.8 Å². The van der Waals surface area contributed by atoms with Crippen molar-refractivity contribution in [2.45, 2.75) is 32.4 Å². The molecule has 0 saturated heterocycles. The lowest BCUT2D eigenvalue weighted by Crippen LogP contribution is -2.24. The third-order valence-corrected chi connectivity index (χ3v) is 2.71. The number of nitrogen functional groups attached to an aromatic ring is 1. The number of para-hydroxylation sites is 1. The normalized spacial score (nSPS) is 12.1. The van der Waals surface area contributed by atoms with Gasteiger partial charge in [0.25, 0.3) is 0 Å². The van der Waals surface area contributed by atoms with E-state index in [9.17, 15) is 4.79 Å². The lowest BCUT2D eigenvalue weighted by Gasteiger charge is -2.10. The van der Waals surface area contributed by atoms with E-state index in [1.165, 1.54) is 0 Å². The highest BCUT2D eigenvalue weighted by atomic mass is 16.5. The number of methoxy groups -OCH3 is 1. The van der Waals surface area contributed by atoms with Crippen molar-refractivity contribution < 1.29 is 9.53 Å². The molecule has 1 amide bonds. The first kappa shape index (κ1) is 13.5.